The van der Waals surface area contributed by atoms with Crippen LogP contribution in [0.4, 0.5) is 0 Å². The number of likely N-dealkylation sites (N-methyl/N-ethyl adjacent to an activating group) is 1. The molecule has 0 fully saturated rings. The van der Waals surface area contributed by atoms with Crippen molar-refractivity contribution >= 4 is 6.08 Å². The van der Waals surface area contributed by atoms with E-state index in [1.54, 1.807) is 0 Å². The van der Waals surface area contributed by atoms with Crippen LogP contribution in [0.5, 0.6) is 0 Å². The smallest absolute Gasteiger partial charge is 0.0221 e. The first kappa shape index (κ1) is 12.0. The summed E-state index contributed by atoms with van der Waals surface area (Å²) >= 11 is 0. The van der Waals surface area contributed by atoms with Crippen LogP contribution in [0, 0.1) is 0 Å². The minimum Gasteiger partial charge on any atom is -0.314 e. The van der Waals surface area contributed by atoms with E-state index in [-0.39, 0.29) is 0 Å². The third-order valence-corrected chi connectivity index (χ3v) is 2.64. The van der Waals surface area contributed by atoms with Gasteiger partial charge >= 0.3 is 0 Å². The van der Waals surface area contributed by atoms with Crippen molar-refractivity contribution in [2.24, 2.45) is 0 Å². The summed E-state index contributed by atoms with van der Waals surface area (Å²) in [5, 5.41) is 3.18. The molecule has 1 rings (SSSR count). The quantitative estimate of drug-likeness (QED) is 0.790. The standard InChI is InChI=1S/C14H21N/c1-11(2)14-9-7-13(8-10-14)6-5-12(3)15-4/h5-12,15H,1-4H3/b6-5+/t12-/m0/s1. The van der Waals surface area contributed by atoms with Gasteiger partial charge in [-0.05, 0) is 31.0 Å². The second-order valence-corrected chi connectivity index (χ2v) is 4.26. The predicted octanol–water partition coefficient (Wildman–Crippen LogP) is 3.43. The summed E-state index contributed by atoms with van der Waals surface area (Å²) in [7, 11) is 1.97. The van der Waals surface area contributed by atoms with Crippen molar-refractivity contribution in [2.45, 2.75) is 32.7 Å². The molecule has 1 nitrogen and oxygen atoms in total. The van der Waals surface area contributed by atoms with Crippen molar-refractivity contribution in [2.75, 3.05) is 7.05 Å². The molecular weight excluding hydrogens is 182 g/mol. The molecule has 82 valence electrons. The molecule has 1 heteroatoms. The number of nitrogens with one attached hydrogen (secondary N) is 1. The third kappa shape index (κ3) is 3.88. The first-order chi connectivity index (χ1) is 7.13. The minimum absolute atomic E-state index is 0.426. The minimum atomic E-state index is 0.426. The van der Waals surface area contributed by atoms with Crippen molar-refractivity contribution in [3.63, 3.8) is 0 Å². The van der Waals surface area contributed by atoms with Crippen molar-refractivity contribution in [3.8, 4) is 0 Å². The summed E-state index contributed by atoms with van der Waals surface area (Å²) < 4.78 is 0. The fourth-order valence-electron chi connectivity index (χ4n) is 1.34. The molecule has 0 heterocycles. The van der Waals surface area contributed by atoms with Crippen LogP contribution in [0.3, 0.4) is 0 Å². The first-order valence-electron chi connectivity index (χ1n) is 5.59. The number of rotatable bonds is 4. The molecule has 15 heavy (non-hydrogen) atoms. The topological polar surface area (TPSA) is 12.0 Å². The predicted molar refractivity (Wildman–Crippen MR) is 68.1 cm³/mol. The van der Waals surface area contributed by atoms with Gasteiger partial charge in [-0.1, -0.05) is 50.3 Å². The molecule has 1 atom stereocenters. The van der Waals surface area contributed by atoms with Crippen LogP contribution in [0.1, 0.15) is 37.8 Å². The Hall–Kier alpha value is -1.08. The van der Waals surface area contributed by atoms with Gasteiger partial charge in [0.2, 0.25) is 0 Å². The summed E-state index contributed by atoms with van der Waals surface area (Å²) in [6.07, 6.45) is 4.33. The highest BCUT2D eigenvalue weighted by atomic mass is 14.8. The monoisotopic (exact) mass is 203 g/mol. The maximum absolute atomic E-state index is 3.18. The lowest BCUT2D eigenvalue weighted by Gasteiger charge is -2.05. The van der Waals surface area contributed by atoms with Gasteiger partial charge in [0.1, 0.15) is 0 Å². The van der Waals surface area contributed by atoms with E-state index in [9.17, 15) is 0 Å². The highest BCUT2D eigenvalue weighted by molar-refractivity contribution is 5.50. The van der Waals surface area contributed by atoms with Crippen LogP contribution in [0.2, 0.25) is 0 Å². The van der Waals surface area contributed by atoms with Gasteiger partial charge in [-0.25, -0.2) is 0 Å². The van der Waals surface area contributed by atoms with Crippen LogP contribution in [0.25, 0.3) is 6.08 Å². The maximum Gasteiger partial charge on any atom is 0.0221 e. The molecule has 1 aromatic carbocycles. The molecule has 0 unspecified atom stereocenters. The van der Waals surface area contributed by atoms with Crippen molar-refractivity contribution < 1.29 is 0 Å². The Bertz CT molecular complexity index is 309. The lowest BCUT2D eigenvalue weighted by molar-refractivity contribution is 0.731. The second-order valence-electron chi connectivity index (χ2n) is 4.26. The van der Waals surface area contributed by atoms with Crippen molar-refractivity contribution in [3.05, 3.63) is 41.5 Å². The normalized spacial score (nSPS) is 13.7. The average Bonchev–Trinajstić information content (AvgIpc) is 2.26. The van der Waals surface area contributed by atoms with E-state index >= 15 is 0 Å². The van der Waals surface area contributed by atoms with E-state index in [0.29, 0.717) is 12.0 Å². The van der Waals surface area contributed by atoms with Crippen molar-refractivity contribution in [1.29, 1.82) is 0 Å². The van der Waals surface area contributed by atoms with Gasteiger partial charge in [0, 0.05) is 6.04 Å². The first-order valence-corrected chi connectivity index (χ1v) is 5.59. The van der Waals surface area contributed by atoms with Gasteiger partial charge in [-0.3, -0.25) is 0 Å². The molecule has 0 radical (unpaired) electrons. The van der Waals surface area contributed by atoms with E-state index < -0.39 is 0 Å². The molecule has 0 bridgehead atoms. The summed E-state index contributed by atoms with van der Waals surface area (Å²) in [5.41, 5.74) is 2.66. The third-order valence-electron chi connectivity index (χ3n) is 2.64. The van der Waals surface area contributed by atoms with Gasteiger partial charge in [0.25, 0.3) is 0 Å². The zero-order valence-corrected chi connectivity index (χ0v) is 10.1. The molecule has 0 spiro atoms. The van der Waals surface area contributed by atoms with Crippen LogP contribution >= 0.6 is 0 Å². The molecule has 0 aliphatic rings. The Balaban J connectivity index is 2.68. The van der Waals surface area contributed by atoms with E-state index in [2.05, 4.69) is 62.5 Å². The van der Waals surface area contributed by atoms with E-state index in [1.807, 2.05) is 7.05 Å². The Morgan fingerprint density at radius 1 is 1.07 bits per heavy atom. The number of hydrogen-bond donors (Lipinski definition) is 1. The van der Waals surface area contributed by atoms with Gasteiger partial charge in [0.15, 0.2) is 0 Å². The largest absolute Gasteiger partial charge is 0.314 e. The fraction of sp³-hybridized carbons (Fsp3) is 0.429. The van der Waals surface area contributed by atoms with Gasteiger partial charge in [-0.15, -0.1) is 0 Å². The van der Waals surface area contributed by atoms with E-state index in [4.69, 9.17) is 0 Å². The molecule has 0 amide bonds. The summed E-state index contributed by atoms with van der Waals surface area (Å²) in [6, 6.07) is 9.18. The molecule has 0 aliphatic carbocycles. The molecule has 0 saturated heterocycles. The molecule has 0 aromatic heterocycles. The lowest BCUT2D eigenvalue weighted by Crippen LogP contribution is -2.17. The van der Waals surface area contributed by atoms with Crippen molar-refractivity contribution in [1.82, 2.24) is 5.32 Å². The maximum atomic E-state index is 3.18. The van der Waals surface area contributed by atoms with Crippen LogP contribution < -0.4 is 5.32 Å². The van der Waals surface area contributed by atoms with Gasteiger partial charge < -0.3 is 5.32 Å². The zero-order chi connectivity index (χ0) is 11.3. The van der Waals surface area contributed by atoms with Crippen LogP contribution in [-0.4, -0.2) is 13.1 Å². The number of hydrogen-bond acceptors (Lipinski definition) is 1. The molecular formula is C14H21N. The summed E-state index contributed by atoms with van der Waals surface area (Å²) in [5.74, 6) is 0.610. The summed E-state index contributed by atoms with van der Waals surface area (Å²) in [4.78, 5) is 0. The highest BCUT2D eigenvalue weighted by Gasteiger charge is 1.97. The molecule has 1 N–H and O–H groups in total. The van der Waals surface area contributed by atoms with Crippen LogP contribution in [-0.2, 0) is 0 Å². The molecule has 0 saturated carbocycles. The Labute approximate surface area is 93.2 Å². The van der Waals surface area contributed by atoms with E-state index in [0.717, 1.165) is 0 Å². The van der Waals surface area contributed by atoms with Gasteiger partial charge in [-0.2, -0.15) is 0 Å². The summed E-state index contributed by atoms with van der Waals surface area (Å²) in [6.45, 7) is 6.57. The Morgan fingerprint density at radius 2 is 1.67 bits per heavy atom. The molecule has 1 aromatic rings. The fourth-order valence-corrected chi connectivity index (χ4v) is 1.34. The Morgan fingerprint density at radius 3 is 2.13 bits per heavy atom. The Kier molecular flexibility index (Phi) is 4.57. The SMILES string of the molecule is CN[C@@H](C)/C=C/c1ccc(C(C)C)cc1. The zero-order valence-electron chi connectivity index (χ0n) is 10.1. The van der Waals surface area contributed by atoms with Gasteiger partial charge in [0.05, 0.1) is 0 Å². The van der Waals surface area contributed by atoms with E-state index in [1.165, 1.54) is 11.1 Å². The number of benzene rings is 1. The average molecular weight is 203 g/mol. The highest BCUT2D eigenvalue weighted by Crippen LogP contribution is 2.15. The van der Waals surface area contributed by atoms with Crippen LogP contribution in [0.15, 0.2) is 30.3 Å². The second kappa shape index (κ2) is 5.72. The molecule has 0 aliphatic heterocycles. The lowest BCUT2D eigenvalue weighted by atomic mass is 10.0.